The van der Waals surface area contributed by atoms with E-state index in [2.05, 4.69) is 127 Å². The lowest BCUT2D eigenvalue weighted by atomic mass is 10.0. The largest absolute Gasteiger partial charge is 0.306 e. The van der Waals surface area contributed by atoms with Gasteiger partial charge in [-0.3, -0.25) is 0 Å². The monoisotopic (exact) mass is 755 g/mol. The summed E-state index contributed by atoms with van der Waals surface area (Å²) < 4.78 is 22.2. The van der Waals surface area contributed by atoms with E-state index in [-0.39, 0.29) is 0 Å². The van der Waals surface area contributed by atoms with Crippen molar-refractivity contribution in [1.82, 2.24) is 9.13 Å². The number of nitriles is 1. The number of hydrogen-bond donors (Lipinski definition) is 0. The Bertz CT molecular complexity index is 3210. The van der Waals surface area contributed by atoms with Crippen LogP contribution in [-0.4, -0.2) is 9.13 Å². The van der Waals surface area contributed by atoms with Crippen LogP contribution in [0.3, 0.4) is 0 Å². The molecule has 0 atom stereocenters. The minimum Gasteiger partial charge on any atom is -0.306 e. The third-order valence-electron chi connectivity index (χ3n) is 11.6. The molecular weight excluding hydrogens is 722 g/mol. The van der Waals surface area contributed by atoms with Gasteiger partial charge in [0.1, 0.15) is 0 Å². The summed E-state index contributed by atoms with van der Waals surface area (Å²) in [5.74, 6) is -0.420. The van der Waals surface area contributed by atoms with Crippen molar-refractivity contribution < 1.29 is 4.39 Å². The molecule has 9 aromatic carbocycles. The Hall–Kier alpha value is -8.00. The fraction of sp³-hybridized carbons (Fsp3) is 0. The maximum Gasteiger partial charge on any atom is 0.171 e. The average molecular weight is 756 g/mol. The van der Waals surface area contributed by atoms with Gasteiger partial charge in [-0.05, 0) is 93.0 Å². The average Bonchev–Trinajstić information content (AvgIpc) is 3.81. The Labute approximate surface area is 340 Å². The number of benzene rings is 9. The van der Waals surface area contributed by atoms with Crippen LogP contribution in [0.1, 0.15) is 5.56 Å². The van der Waals surface area contributed by atoms with Gasteiger partial charge in [-0.25, -0.2) is 4.39 Å². The number of halogens is 1. The third kappa shape index (κ3) is 5.71. The van der Waals surface area contributed by atoms with Gasteiger partial charge in [0, 0.05) is 21.5 Å². The van der Waals surface area contributed by atoms with Gasteiger partial charge in [0.15, 0.2) is 5.82 Å². The summed E-state index contributed by atoms with van der Waals surface area (Å²) in [5, 5.41) is 14.6. The first-order valence-electron chi connectivity index (χ1n) is 19.8. The number of fused-ring (bicyclic) bond motifs is 6. The normalized spacial score (nSPS) is 11.5. The predicted octanol–water partition coefficient (Wildman–Crippen LogP) is 14.6. The minimum absolute atomic E-state index is 0.312. The van der Waals surface area contributed by atoms with Gasteiger partial charge in [0.05, 0.1) is 45.1 Å². The molecule has 0 N–H and O–H groups in total. The summed E-state index contributed by atoms with van der Waals surface area (Å²) in [5.41, 5.74) is 12.9. The van der Waals surface area contributed by atoms with Crippen LogP contribution in [0.2, 0.25) is 0 Å². The summed E-state index contributed by atoms with van der Waals surface area (Å²) >= 11 is 0. The minimum atomic E-state index is -0.420. The van der Waals surface area contributed by atoms with Crippen molar-refractivity contribution in [3.05, 3.63) is 218 Å². The second-order valence-corrected chi connectivity index (χ2v) is 15.0. The predicted molar refractivity (Wildman–Crippen MR) is 242 cm³/mol. The molecule has 11 rings (SSSR count). The third-order valence-corrected chi connectivity index (χ3v) is 11.6. The van der Waals surface area contributed by atoms with E-state index in [0.29, 0.717) is 16.9 Å². The van der Waals surface area contributed by atoms with E-state index >= 15 is 4.39 Å². The Morgan fingerprint density at radius 3 is 1.02 bits per heavy atom. The summed E-state index contributed by atoms with van der Waals surface area (Å²) in [6.07, 6.45) is 0. The number of hydrogen-bond acceptors (Lipinski definition) is 1. The molecule has 0 aliphatic heterocycles. The van der Waals surface area contributed by atoms with Crippen LogP contribution in [-0.2, 0) is 0 Å². The van der Waals surface area contributed by atoms with Gasteiger partial charge in [-0.2, -0.15) is 5.26 Å². The zero-order valence-electron chi connectivity index (χ0n) is 31.8. The van der Waals surface area contributed by atoms with E-state index in [1.54, 1.807) is 12.1 Å². The van der Waals surface area contributed by atoms with Crippen LogP contribution in [0, 0.1) is 17.1 Å². The van der Waals surface area contributed by atoms with Crippen molar-refractivity contribution >= 4 is 43.6 Å². The lowest BCUT2D eigenvalue weighted by Crippen LogP contribution is -2.05. The van der Waals surface area contributed by atoms with Crippen LogP contribution in [0.4, 0.5) is 4.39 Å². The Morgan fingerprint density at radius 1 is 0.322 bits per heavy atom. The van der Waals surface area contributed by atoms with E-state index in [1.807, 2.05) is 81.9 Å². The highest BCUT2D eigenvalue weighted by molar-refractivity contribution is 6.13. The number of rotatable bonds is 6. The number of nitrogens with zero attached hydrogens (tertiary/aromatic N) is 3. The quantitative estimate of drug-likeness (QED) is 0.166. The summed E-state index contributed by atoms with van der Waals surface area (Å²) in [4.78, 5) is 0. The van der Waals surface area contributed by atoms with E-state index in [1.165, 1.54) is 0 Å². The van der Waals surface area contributed by atoms with E-state index in [4.69, 9.17) is 0 Å². The van der Waals surface area contributed by atoms with Crippen molar-refractivity contribution in [2.24, 2.45) is 0 Å². The van der Waals surface area contributed by atoms with Gasteiger partial charge in [-0.15, -0.1) is 0 Å². The first-order chi connectivity index (χ1) is 29.1. The SMILES string of the molecule is N#Cc1cc(-n2c3ccc(-c4ccccc4)cc3c3ccc(-c4ccccc4)cc32)c(F)c(-n2c3ccc(-c4ccccc4)cc3c3ccc(-c4ccccc4)cc32)c1. The zero-order chi connectivity index (χ0) is 39.5. The molecule has 0 amide bonds. The lowest BCUT2D eigenvalue weighted by Gasteiger charge is -2.16. The van der Waals surface area contributed by atoms with Crippen LogP contribution in [0.15, 0.2) is 206 Å². The van der Waals surface area contributed by atoms with Gasteiger partial charge in [0.25, 0.3) is 0 Å². The smallest absolute Gasteiger partial charge is 0.171 e. The van der Waals surface area contributed by atoms with E-state index < -0.39 is 5.82 Å². The molecule has 0 aliphatic rings. The number of aromatic nitrogens is 2. The fourth-order valence-corrected chi connectivity index (χ4v) is 8.79. The molecule has 0 fully saturated rings. The first kappa shape index (κ1) is 34.3. The van der Waals surface area contributed by atoms with E-state index in [0.717, 1.165) is 88.1 Å². The standard InChI is InChI=1S/C55H34FN3/c56-55-53(58-49-27-23-41(37-13-5-1-6-14-37)31-47(49)45-25-21-43(33-51(45)58)39-17-9-3-10-18-39)29-36(35-57)30-54(55)59-50-28-24-42(38-15-7-2-8-16-38)32-48(50)46-26-22-44(34-52(46)59)40-19-11-4-12-20-40/h1-34H. The second-order valence-electron chi connectivity index (χ2n) is 15.0. The Morgan fingerprint density at radius 2 is 0.661 bits per heavy atom. The Kier molecular flexibility index (Phi) is 8.06. The highest BCUT2D eigenvalue weighted by Crippen LogP contribution is 2.42. The van der Waals surface area contributed by atoms with Gasteiger partial charge in [-0.1, -0.05) is 158 Å². The summed E-state index contributed by atoms with van der Waals surface area (Å²) in [7, 11) is 0. The fourth-order valence-electron chi connectivity index (χ4n) is 8.79. The zero-order valence-corrected chi connectivity index (χ0v) is 31.8. The maximum atomic E-state index is 18.2. The van der Waals surface area contributed by atoms with Gasteiger partial charge >= 0.3 is 0 Å². The molecule has 276 valence electrons. The molecule has 0 spiro atoms. The molecule has 0 saturated heterocycles. The second kappa shape index (κ2) is 13.9. The molecule has 0 bridgehead atoms. The molecule has 0 saturated carbocycles. The van der Waals surface area contributed by atoms with Gasteiger partial charge in [0.2, 0.25) is 0 Å². The van der Waals surface area contributed by atoms with Crippen LogP contribution in [0.25, 0.3) is 99.5 Å². The molecule has 0 aliphatic carbocycles. The highest BCUT2D eigenvalue weighted by atomic mass is 19.1. The van der Waals surface area contributed by atoms with Crippen molar-refractivity contribution in [3.63, 3.8) is 0 Å². The van der Waals surface area contributed by atoms with Crippen LogP contribution < -0.4 is 0 Å². The summed E-state index contributed by atoms with van der Waals surface area (Å²) in [6.45, 7) is 0. The molecular formula is C55H34FN3. The van der Waals surface area contributed by atoms with Crippen LogP contribution >= 0.6 is 0 Å². The van der Waals surface area contributed by atoms with Crippen molar-refractivity contribution in [1.29, 1.82) is 5.26 Å². The lowest BCUT2D eigenvalue weighted by molar-refractivity contribution is 0.614. The first-order valence-corrected chi connectivity index (χ1v) is 19.8. The van der Waals surface area contributed by atoms with E-state index in [9.17, 15) is 5.26 Å². The molecule has 2 aromatic heterocycles. The van der Waals surface area contributed by atoms with Crippen molar-refractivity contribution in [2.75, 3.05) is 0 Å². The van der Waals surface area contributed by atoms with Crippen molar-refractivity contribution in [3.8, 4) is 62.0 Å². The molecule has 59 heavy (non-hydrogen) atoms. The topological polar surface area (TPSA) is 33.6 Å². The molecule has 2 heterocycles. The van der Waals surface area contributed by atoms with Crippen molar-refractivity contribution in [2.45, 2.75) is 0 Å². The molecule has 0 radical (unpaired) electrons. The molecule has 0 unspecified atom stereocenters. The molecule has 11 aromatic rings. The Balaban J connectivity index is 1.21. The molecule has 3 nitrogen and oxygen atoms in total. The van der Waals surface area contributed by atoms with Gasteiger partial charge < -0.3 is 9.13 Å². The summed E-state index contributed by atoms with van der Waals surface area (Å²) in [6, 6.07) is 72.5. The highest BCUT2D eigenvalue weighted by Gasteiger charge is 2.23. The van der Waals surface area contributed by atoms with Crippen LogP contribution in [0.5, 0.6) is 0 Å². The maximum absolute atomic E-state index is 18.2. The molecule has 4 heteroatoms.